The second-order valence-corrected chi connectivity index (χ2v) is 13.5. The Kier molecular flexibility index (Phi) is 8.03. The van der Waals surface area contributed by atoms with Gasteiger partial charge in [-0.2, -0.15) is 44.8 Å². The van der Waals surface area contributed by atoms with Crippen LogP contribution in [-0.2, 0) is 18.5 Å². The first-order valence-corrected chi connectivity index (χ1v) is 16.8. The minimum absolute atomic E-state index is 0.0352. The molecule has 2 heterocycles. The molecule has 56 heavy (non-hydrogen) atoms. The summed E-state index contributed by atoms with van der Waals surface area (Å²) in [6.45, 7) is 11.3. The summed E-state index contributed by atoms with van der Waals surface area (Å²) in [5, 5.41) is 12.7. The summed E-state index contributed by atoms with van der Waals surface area (Å²) in [6.07, 6.45) is -14.6. The van der Waals surface area contributed by atoms with Crippen molar-refractivity contribution in [3.63, 3.8) is 0 Å². The second-order valence-electron chi connectivity index (χ2n) is 13.5. The van der Waals surface area contributed by atoms with Crippen LogP contribution >= 0.6 is 0 Å². The summed E-state index contributed by atoms with van der Waals surface area (Å²) >= 11 is 0. The third kappa shape index (κ3) is 5.70. The van der Waals surface area contributed by atoms with Crippen molar-refractivity contribution in [3.05, 3.63) is 148 Å². The van der Waals surface area contributed by atoms with E-state index < -0.39 is 46.5 Å². The van der Waals surface area contributed by atoms with Gasteiger partial charge in [0.2, 0.25) is 0 Å². The van der Waals surface area contributed by atoms with Crippen LogP contribution in [0.4, 0.5) is 45.2 Å². The third-order valence-electron chi connectivity index (χ3n) is 9.95. The number of nitrogens with zero attached hydrogens (tertiary/aromatic N) is 4. The average molecular weight is 767 g/mol. The van der Waals surface area contributed by atoms with E-state index in [-0.39, 0.29) is 33.5 Å². The summed E-state index contributed by atoms with van der Waals surface area (Å²) < 4.78 is 133. The Labute approximate surface area is 311 Å². The van der Waals surface area contributed by atoms with Crippen LogP contribution in [0.3, 0.4) is 0 Å². The number of hydrogen-bond donors (Lipinski definition) is 0. The number of benzene rings is 6. The number of fused-ring (bicyclic) bond motifs is 6. The average Bonchev–Trinajstić information content (AvgIpc) is 3.63. The molecule has 0 aliphatic rings. The van der Waals surface area contributed by atoms with E-state index in [0.29, 0.717) is 43.7 Å². The minimum Gasteiger partial charge on any atom is -0.308 e. The number of alkyl halides is 9. The predicted molar refractivity (Wildman–Crippen MR) is 196 cm³/mol. The van der Waals surface area contributed by atoms with Gasteiger partial charge in [-0.05, 0) is 84.6 Å². The smallest absolute Gasteiger partial charge is 0.308 e. The van der Waals surface area contributed by atoms with Crippen LogP contribution in [0, 0.1) is 31.8 Å². The van der Waals surface area contributed by atoms with Gasteiger partial charge in [0.15, 0.2) is 5.69 Å². The molecule has 0 aliphatic carbocycles. The van der Waals surface area contributed by atoms with Gasteiger partial charge in [0.25, 0.3) is 0 Å². The van der Waals surface area contributed by atoms with Gasteiger partial charge in [-0.15, -0.1) is 0 Å². The normalized spacial score (nSPS) is 12.5. The van der Waals surface area contributed by atoms with Gasteiger partial charge in [0, 0.05) is 21.5 Å². The van der Waals surface area contributed by atoms with E-state index in [4.69, 9.17) is 6.57 Å². The standard InChI is InChI=1S/C43H23F9N4/c1-22-7-11-27-29-13-9-25(41(44,45)46)19-38(29)55(34(27)15-22)36-17-24(40-32(43(50,51)52)5-4-6-33(40)54-3)18-37(31(36)21-53)56-35-16-23(2)8-12-28(35)30-14-10-26(20-39(30)56)42(47,48)49/h4-20H,1-2H3. The lowest BCUT2D eigenvalue weighted by atomic mass is 9.94. The van der Waals surface area contributed by atoms with Gasteiger partial charge < -0.3 is 9.13 Å². The minimum atomic E-state index is -5.00. The highest BCUT2D eigenvalue weighted by atomic mass is 19.4. The molecule has 0 amide bonds. The van der Waals surface area contributed by atoms with Gasteiger partial charge in [-0.3, -0.25) is 0 Å². The van der Waals surface area contributed by atoms with E-state index in [9.17, 15) is 44.8 Å². The Morgan fingerprint density at radius 1 is 0.554 bits per heavy atom. The summed E-state index contributed by atoms with van der Waals surface area (Å²) in [7, 11) is 0. The number of halogens is 9. The van der Waals surface area contributed by atoms with Gasteiger partial charge in [0.05, 0.1) is 56.7 Å². The molecule has 0 unspecified atom stereocenters. The van der Waals surface area contributed by atoms with Crippen molar-refractivity contribution < 1.29 is 39.5 Å². The topological polar surface area (TPSA) is 38.0 Å². The molecule has 0 atom stereocenters. The zero-order valence-corrected chi connectivity index (χ0v) is 29.0. The fourth-order valence-corrected chi connectivity index (χ4v) is 7.53. The largest absolute Gasteiger partial charge is 0.416 e. The maximum Gasteiger partial charge on any atom is 0.416 e. The Balaban J connectivity index is 1.64. The van der Waals surface area contributed by atoms with Crippen molar-refractivity contribution in [2.45, 2.75) is 32.4 Å². The van der Waals surface area contributed by atoms with Crippen molar-refractivity contribution in [3.8, 4) is 28.6 Å². The van der Waals surface area contributed by atoms with E-state index in [1.165, 1.54) is 39.5 Å². The van der Waals surface area contributed by atoms with Crippen LogP contribution in [0.15, 0.2) is 103 Å². The summed E-state index contributed by atoms with van der Waals surface area (Å²) in [6, 6.07) is 23.8. The summed E-state index contributed by atoms with van der Waals surface area (Å²) in [5.74, 6) is 0. The molecule has 8 aromatic rings. The Hall–Kier alpha value is -6.73. The van der Waals surface area contributed by atoms with Crippen molar-refractivity contribution >= 4 is 49.3 Å². The van der Waals surface area contributed by atoms with Crippen LogP contribution in [0.5, 0.6) is 0 Å². The zero-order valence-electron chi connectivity index (χ0n) is 29.0. The predicted octanol–water partition coefficient (Wildman–Crippen LogP) is 13.6. The molecule has 0 N–H and O–H groups in total. The molecule has 0 bridgehead atoms. The molecule has 8 rings (SSSR count). The molecular formula is C43H23F9N4. The van der Waals surface area contributed by atoms with Crippen molar-refractivity contribution in [2.24, 2.45) is 0 Å². The first kappa shape index (κ1) is 36.3. The highest BCUT2D eigenvalue weighted by molar-refractivity contribution is 6.12. The first-order valence-electron chi connectivity index (χ1n) is 16.8. The van der Waals surface area contributed by atoms with Gasteiger partial charge in [0.1, 0.15) is 11.6 Å². The number of hydrogen-bond acceptors (Lipinski definition) is 1. The van der Waals surface area contributed by atoms with Gasteiger partial charge in [-0.1, -0.05) is 54.6 Å². The van der Waals surface area contributed by atoms with Crippen molar-refractivity contribution in [2.75, 3.05) is 0 Å². The fourth-order valence-electron chi connectivity index (χ4n) is 7.53. The van der Waals surface area contributed by atoms with Gasteiger partial charge >= 0.3 is 18.5 Å². The Morgan fingerprint density at radius 3 is 1.38 bits per heavy atom. The molecule has 0 aliphatic heterocycles. The molecule has 0 spiro atoms. The van der Waals surface area contributed by atoms with E-state index >= 15 is 0 Å². The number of aryl methyl sites for hydroxylation is 2. The highest BCUT2D eigenvalue weighted by Crippen LogP contribution is 2.47. The van der Waals surface area contributed by atoms with E-state index in [0.717, 1.165) is 36.4 Å². The number of rotatable bonds is 3. The lowest BCUT2D eigenvalue weighted by Gasteiger charge is -2.21. The maximum absolute atomic E-state index is 14.8. The number of nitriles is 1. The van der Waals surface area contributed by atoms with Crippen LogP contribution in [0.2, 0.25) is 0 Å². The molecule has 2 aromatic heterocycles. The van der Waals surface area contributed by atoms with Crippen molar-refractivity contribution in [1.82, 2.24) is 9.13 Å². The molecular weight excluding hydrogens is 743 g/mol. The second kappa shape index (κ2) is 12.4. The number of aromatic nitrogens is 2. The van der Waals surface area contributed by atoms with Crippen molar-refractivity contribution in [1.29, 1.82) is 5.26 Å². The quantitative estimate of drug-likeness (QED) is 0.130. The molecule has 278 valence electrons. The van der Waals surface area contributed by atoms with E-state index in [2.05, 4.69) is 10.9 Å². The SMILES string of the molecule is [C-]#[N+]c1cccc(C(F)(F)F)c1-c1cc(-n2c3cc(C)ccc3c3ccc(C(F)(F)F)cc32)c(C#N)c(-n2c3cc(C)ccc3c3ccc(C(F)(F)F)cc32)c1. The van der Waals surface area contributed by atoms with E-state index in [1.54, 1.807) is 50.2 Å². The molecule has 0 fully saturated rings. The molecule has 0 saturated heterocycles. The van der Waals surface area contributed by atoms with Crippen LogP contribution in [0.25, 0.3) is 71.0 Å². The Morgan fingerprint density at radius 2 is 0.982 bits per heavy atom. The molecule has 6 aromatic carbocycles. The lowest BCUT2D eigenvalue weighted by Crippen LogP contribution is -2.10. The third-order valence-corrected chi connectivity index (χ3v) is 9.95. The summed E-state index contributed by atoms with van der Waals surface area (Å²) in [4.78, 5) is 3.37. The van der Waals surface area contributed by atoms with Crippen LogP contribution < -0.4 is 0 Å². The molecule has 13 heteroatoms. The lowest BCUT2D eigenvalue weighted by molar-refractivity contribution is -0.138. The zero-order chi connectivity index (χ0) is 40.1. The monoisotopic (exact) mass is 766 g/mol. The molecule has 4 nitrogen and oxygen atoms in total. The van der Waals surface area contributed by atoms with Crippen LogP contribution in [0.1, 0.15) is 33.4 Å². The Bertz CT molecular complexity index is 2880. The first-order chi connectivity index (χ1) is 26.4. The van der Waals surface area contributed by atoms with Crippen LogP contribution in [-0.4, -0.2) is 9.13 Å². The van der Waals surface area contributed by atoms with E-state index in [1.807, 2.05) is 0 Å². The van der Waals surface area contributed by atoms with Gasteiger partial charge in [-0.25, -0.2) is 4.85 Å². The highest BCUT2D eigenvalue weighted by Gasteiger charge is 2.36. The summed E-state index contributed by atoms with van der Waals surface area (Å²) in [5.41, 5.74) is -3.22. The molecule has 0 saturated carbocycles. The maximum atomic E-state index is 14.8. The fraction of sp³-hybridized carbons (Fsp3) is 0.116. The molecule has 0 radical (unpaired) electrons.